The van der Waals surface area contributed by atoms with Gasteiger partial charge in [-0.05, 0) is 25.0 Å². The van der Waals surface area contributed by atoms with Crippen LogP contribution in [-0.4, -0.2) is 25.4 Å². The Kier molecular flexibility index (Phi) is 3.53. The van der Waals surface area contributed by atoms with Crippen LogP contribution in [0.2, 0.25) is 0 Å². The van der Waals surface area contributed by atoms with Crippen molar-refractivity contribution in [1.29, 1.82) is 0 Å². The van der Waals surface area contributed by atoms with Gasteiger partial charge >= 0.3 is 0 Å². The predicted octanol–water partition coefficient (Wildman–Crippen LogP) is 2.70. The minimum Gasteiger partial charge on any atom is -0.448 e. The number of rotatable bonds is 4. The number of methoxy groups -OCH3 is 1. The van der Waals surface area contributed by atoms with E-state index in [-0.39, 0.29) is 5.91 Å². The zero-order valence-electron chi connectivity index (χ0n) is 11.6. The van der Waals surface area contributed by atoms with Crippen LogP contribution in [0, 0.1) is 0 Å². The van der Waals surface area contributed by atoms with Gasteiger partial charge in [0, 0.05) is 31.7 Å². The van der Waals surface area contributed by atoms with E-state index >= 15 is 0 Å². The van der Waals surface area contributed by atoms with Crippen LogP contribution in [0.15, 0.2) is 18.2 Å². The van der Waals surface area contributed by atoms with E-state index in [1.54, 1.807) is 7.11 Å². The monoisotopic (exact) mass is 277 g/mol. The third kappa shape index (κ3) is 2.58. The highest BCUT2D eigenvalue weighted by Crippen LogP contribution is 2.47. The summed E-state index contributed by atoms with van der Waals surface area (Å²) in [5.41, 5.74) is 0.725. The number of amides is 1. The molecule has 0 saturated heterocycles. The van der Waals surface area contributed by atoms with Crippen LogP contribution in [0.4, 0.5) is 5.69 Å². The summed E-state index contributed by atoms with van der Waals surface area (Å²) in [6.45, 7) is 0.416. The van der Waals surface area contributed by atoms with E-state index in [9.17, 15) is 4.79 Å². The number of hydrogen-bond acceptors (Lipinski definition) is 4. The number of anilines is 1. The van der Waals surface area contributed by atoms with Crippen molar-refractivity contribution in [2.45, 2.75) is 37.9 Å². The Labute approximate surface area is 118 Å². The number of nitrogens with one attached hydrogen (secondary N) is 1. The molecule has 1 spiro atoms. The van der Waals surface area contributed by atoms with E-state index in [1.807, 2.05) is 18.2 Å². The lowest BCUT2D eigenvalue weighted by Crippen LogP contribution is -2.34. The topological polar surface area (TPSA) is 56.8 Å². The second-order valence-corrected chi connectivity index (χ2v) is 5.27. The van der Waals surface area contributed by atoms with Crippen molar-refractivity contribution in [3.63, 3.8) is 0 Å². The quantitative estimate of drug-likeness (QED) is 0.919. The van der Waals surface area contributed by atoms with Gasteiger partial charge < -0.3 is 19.5 Å². The molecule has 1 fully saturated rings. The fraction of sp³-hybridized carbons (Fsp3) is 0.533. The number of carbonyl (C=O) groups excluding carboxylic acids is 1. The molecule has 5 nitrogen and oxygen atoms in total. The third-order valence-corrected chi connectivity index (χ3v) is 3.72. The largest absolute Gasteiger partial charge is 0.448 e. The standard InChI is InChI=1S/C15H19NO4/c1-18-9-6-14(17)16-11-4-5-12-13(10-11)20-15(19-12)7-2-3-8-15/h4-5,10H,2-3,6-9H2,1H3,(H,16,17). The Bertz CT molecular complexity index is 509. The maximum Gasteiger partial charge on any atom is 0.251 e. The SMILES string of the molecule is COCCC(=O)Nc1ccc2c(c1)OC1(CCCC1)O2. The zero-order valence-corrected chi connectivity index (χ0v) is 11.6. The Morgan fingerprint density at radius 1 is 1.30 bits per heavy atom. The van der Waals surface area contributed by atoms with Crippen LogP contribution in [0.5, 0.6) is 11.5 Å². The van der Waals surface area contributed by atoms with E-state index in [0.29, 0.717) is 13.0 Å². The summed E-state index contributed by atoms with van der Waals surface area (Å²) in [4.78, 5) is 11.7. The van der Waals surface area contributed by atoms with E-state index in [2.05, 4.69) is 5.32 Å². The van der Waals surface area contributed by atoms with Crippen molar-refractivity contribution >= 4 is 11.6 Å². The lowest BCUT2D eigenvalue weighted by molar-refractivity contribution is -0.117. The van der Waals surface area contributed by atoms with Gasteiger partial charge in [0.25, 0.3) is 5.79 Å². The summed E-state index contributed by atoms with van der Waals surface area (Å²) >= 11 is 0. The van der Waals surface area contributed by atoms with Gasteiger partial charge in [-0.1, -0.05) is 0 Å². The van der Waals surface area contributed by atoms with E-state index in [0.717, 1.165) is 42.9 Å². The summed E-state index contributed by atoms with van der Waals surface area (Å²) < 4.78 is 16.8. The first-order chi connectivity index (χ1) is 9.71. The molecule has 5 heteroatoms. The molecule has 1 aliphatic carbocycles. The average molecular weight is 277 g/mol. The van der Waals surface area contributed by atoms with Crippen LogP contribution in [0.3, 0.4) is 0 Å². The molecule has 0 radical (unpaired) electrons. The molecule has 0 aromatic heterocycles. The summed E-state index contributed by atoms with van der Waals surface area (Å²) in [6.07, 6.45) is 4.46. The molecule has 108 valence electrons. The second-order valence-electron chi connectivity index (χ2n) is 5.27. The number of carbonyl (C=O) groups is 1. The first kappa shape index (κ1) is 13.2. The summed E-state index contributed by atoms with van der Waals surface area (Å²) in [5, 5.41) is 2.83. The number of fused-ring (bicyclic) bond motifs is 1. The number of ether oxygens (including phenoxy) is 3. The lowest BCUT2D eigenvalue weighted by Gasteiger charge is -2.21. The molecule has 0 atom stereocenters. The zero-order chi connectivity index (χ0) is 14.0. The van der Waals surface area contributed by atoms with Gasteiger partial charge in [-0.2, -0.15) is 0 Å². The fourth-order valence-corrected chi connectivity index (χ4v) is 2.71. The van der Waals surface area contributed by atoms with Gasteiger partial charge in [0.05, 0.1) is 13.0 Å². The molecule has 1 amide bonds. The van der Waals surface area contributed by atoms with Crippen molar-refractivity contribution in [1.82, 2.24) is 0 Å². The molecule has 0 bridgehead atoms. The maximum atomic E-state index is 11.7. The summed E-state index contributed by atoms with van der Waals surface area (Å²) in [7, 11) is 1.58. The van der Waals surface area contributed by atoms with E-state index in [4.69, 9.17) is 14.2 Å². The molecule has 1 N–H and O–H groups in total. The Morgan fingerprint density at radius 2 is 2.05 bits per heavy atom. The highest BCUT2D eigenvalue weighted by Gasteiger charge is 2.44. The normalized spacial score (nSPS) is 18.4. The summed E-state index contributed by atoms with van der Waals surface area (Å²) in [5.74, 6) is 0.959. The van der Waals surface area contributed by atoms with Gasteiger partial charge in [-0.25, -0.2) is 0 Å². The van der Waals surface area contributed by atoms with Crippen LogP contribution in [0.1, 0.15) is 32.1 Å². The van der Waals surface area contributed by atoms with Crippen LogP contribution in [-0.2, 0) is 9.53 Å². The van der Waals surface area contributed by atoms with Gasteiger partial charge in [0.2, 0.25) is 5.91 Å². The van der Waals surface area contributed by atoms with Crippen LogP contribution < -0.4 is 14.8 Å². The summed E-state index contributed by atoms with van der Waals surface area (Å²) in [6, 6.07) is 5.52. The molecular weight excluding hydrogens is 258 g/mol. The van der Waals surface area contributed by atoms with Crippen LogP contribution in [0.25, 0.3) is 0 Å². The molecule has 20 heavy (non-hydrogen) atoms. The molecular formula is C15H19NO4. The molecule has 0 unspecified atom stereocenters. The smallest absolute Gasteiger partial charge is 0.251 e. The number of hydrogen-bond donors (Lipinski definition) is 1. The fourth-order valence-electron chi connectivity index (χ4n) is 2.71. The second kappa shape index (κ2) is 5.32. The first-order valence-electron chi connectivity index (χ1n) is 7.02. The van der Waals surface area contributed by atoms with Crippen molar-refractivity contribution in [2.24, 2.45) is 0 Å². The Balaban J connectivity index is 1.67. The van der Waals surface area contributed by atoms with E-state index < -0.39 is 5.79 Å². The van der Waals surface area contributed by atoms with Crippen molar-refractivity contribution in [3.8, 4) is 11.5 Å². The van der Waals surface area contributed by atoms with Crippen molar-refractivity contribution in [2.75, 3.05) is 19.0 Å². The molecule has 3 rings (SSSR count). The molecule has 2 aliphatic rings. The lowest BCUT2D eigenvalue weighted by atomic mass is 10.2. The predicted molar refractivity (Wildman–Crippen MR) is 74.0 cm³/mol. The first-order valence-corrected chi connectivity index (χ1v) is 7.02. The highest BCUT2D eigenvalue weighted by molar-refractivity contribution is 5.91. The van der Waals surface area contributed by atoms with Gasteiger partial charge in [-0.15, -0.1) is 0 Å². The minimum absolute atomic E-state index is 0.0682. The highest BCUT2D eigenvalue weighted by atomic mass is 16.7. The minimum atomic E-state index is -0.457. The van der Waals surface area contributed by atoms with Gasteiger partial charge in [-0.3, -0.25) is 4.79 Å². The number of benzene rings is 1. The Morgan fingerprint density at radius 3 is 2.80 bits per heavy atom. The maximum absolute atomic E-state index is 11.7. The average Bonchev–Trinajstić information content (AvgIpc) is 3.02. The molecule has 1 aliphatic heterocycles. The van der Waals surface area contributed by atoms with Gasteiger partial charge in [0.1, 0.15) is 0 Å². The third-order valence-electron chi connectivity index (χ3n) is 3.72. The van der Waals surface area contributed by atoms with Crippen molar-refractivity contribution in [3.05, 3.63) is 18.2 Å². The molecule has 1 heterocycles. The van der Waals surface area contributed by atoms with Gasteiger partial charge in [0.15, 0.2) is 11.5 Å². The Hall–Kier alpha value is -1.75. The molecule has 1 aromatic carbocycles. The molecule has 1 aromatic rings. The molecule has 1 saturated carbocycles. The van der Waals surface area contributed by atoms with Crippen LogP contribution >= 0.6 is 0 Å². The van der Waals surface area contributed by atoms with E-state index in [1.165, 1.54) is 0 Å². The van der Waals surface area contributed by atoms with Crippen molar-refractivity contribution < 1.29 is 19.0 Å².